The van der Waals surface area contributed by atoms with E-state index >= 15 is 0 Å². The van der Waals surface area contributed by atoms with Crippen molar-refractivity contribution in [1.82, 2.24) is 10.2 Å². The molecule has 0 spiro atoms. The first-order valence-corrected chi connectivity index (χ1v) is 12.4. The number of alkyl halides is 1. The fourth-order valence-electron chi connectivity index (χ4n) is 7.40. The number of halogens is 1. The Labute approximate surface area is 194 Å². The molecule has 5 heteroatoms. The monoisotopic (exact) mass is 450 g/mol. The minimum atomic E-state index is -0.947. The zero-order valence-corrected chi connectivity index (χ0v) is 19.4. The summed E-state index contributed by atoms with van der Waals surface area (Å²) in [5.74, 6) is 0.537. The summed E-state index contributed by atoms with van der Waals surface area (Å²) in [5, 5.41) is 32.8. The van der Waals surface area contributed by atoms with Crippen molar-refractivity contribution in [1.29, 1.82) is 0 Å². The number of hydrogen-bond donors (Lipinski definition) is 2. The van der Waals surface area contributed by atoms with Crippen LogP contribution in [0.15, 0.2) is 48.3 Å². The van der Waals surface area contributed by atoms with Gasteiger partial charge in [0.1, 0.15) is 0 Å². The molecule has 2 saturated carbocycles. The second kappa shape index (κ2) is 7.12. The maximum Gasteiger partial charge on any atom is 0.0918 e. The molecule has 1 aromatic heterocycles. The molecule has 0 aliphatic heterocycles. The van der Waals surface area contributed by atoms with Gasteiger partial charge in [-0.3, -0.25) is 0 Å². The third kappa shape index (κ3) is 2.89. The van der Waals surface area contributed by atoms with Gasteiger partial charge in [0.15, 0.2) is 0 Å². The van der Waals surface area contributed by atoms with Gasteiger partial charge in [0.2, 0.25) is 0 Å². The number of nitrogens with zero attached hydrogens (tertiary/aromatic N) is 2. The molecule has 4 nitrogen and oxygen atoms in total. The van der Waals surface area contributed by atoms with E-state index in [2.05, 4.69) is 47.5 Å². The summed E-state index contributed by atoms with van der Waals surface area (Å²) >= 11 is 7.34. The van der Waals surface area contributed by atoms with E-state index in [-0.39, 0.29) is 17.4 Å². The highest BCUT2D eigenvalue weighted by molar-refractivity contribution is 6.26. The standard InChI is InChI=1S/C27H31ClN2O2/c1-25-10-11-26(28)14-20-13-22(31)5-4-17(20)8-9-27(26,32)24(25)7-6-23(25)18-2-3-19-15-29-30-16-21(19)12-18/h2-3,6,12,14-17,22,24,31-32H,4-5,7-11,13H2,1H3/t17?,22?,24?,25?,26?,27-/m0/s1. The van der Waals surface area contributed by atoms with Crippen molar-refractivity contribution in [3.63, 3.8) is 0 Å². The quantitative estimate of drug-likeness (QED) is 0.449. The van der Waals surface area contributed by atoms with Crippen LogP contribution in [0.2, 0.25) is 0 Å². The van der Waals surface area contributed by atoms with Crippen LogP contribution in [-0.4, -0.2) is 37.0 Å². The largest absolute Gasteiger partial charge is 0.393 e. The zero-order valence-electron chi connectivity index (χ0n) is 18.6. The molecule has 32 heavy (non-hydrogen) atoms. The van der Waals surface area contributed by atoms with Crippen LogP contribution >= 0.6 is 11.6 Å². The van der Waals surface area contributed by atoms with Crippen molar-refractivity contribution in [3.05, 3.63) is 53.9 Å². The van der Waals surface area contributed by atoms with Crippen molar-refractivity contribution >= 4 is 27.9 Å². The van der Waals surface area contributed by atoms with Gasteiger partial charge < -0.3 is 10.2 Å². The normalized spacial score (nSPS) is 41.2. The molecule has 0 saturated heterocycles. The van der Waals surface area contributed by atoms with Crippen LogP contribution < -0.4 is 0 Å². The molecule has 2 fully saturated rings. The Morgan fingerprint density at radius 2 is 1.84 bits per heavy atom. The third-order valence-corrected chi connectivity index (χ3v) is 9.86. The molecule has 2 N–H and O–H groups in total. The number of hydrogen-bond acceptors (Lipinski definition) is 4. The maximum absolute atomic E-state index is 12.3. The van der Waals surface area contributed by atoms with E-state index in [1.54, 1.807) is 6.20 Å². The predicted octanol–water partition coefficient (Wildman–Crippen LogP) is 5.42. The minimum Gasteiger partial charge on any atom is -0.393 e. The van der Waals surface area contributed by atoms with Gasteiger partial charge in [-0.15, -0.1) is 11.6 Å². The molecular formula is C27H31ClN2O2. The number of rotatable bonds is 1. The average Bonchev–Trinajstić information content (AvgIpc) is 3.09. The minimum absolute atomic E-state index is 0.0874. The van der Waals surface area contributed by atoms with Gasteiger partial charge in [0, 0.05) is 16.7 Å². The van der Waals surface area contributed by atoms with E-state index in [1.807, 2.05) is 6.20 Å². The van der Waals surface area contributed by atoms with Gasteiger partial charge in [-0.05, 0) is 79.9 Å². The molecule has 6 rings (SSSR count). The molecule has 0 amide bonds. The lowest BCUT2D eigenvalue weighted by atomic mass is 9.54. The number of benzene rings is 1. The molecule has 4 aliphatic rings. The van der Waals surface area contributed by atoms with Crippen molar-refractivity contribution in [2.45, 2.75) is 74.9 Å². The average molecular weight is 451 g/mol. The van der Waals surface area contributed by atoms with Crippen molar-refractivity contribution in [2.75, 3.05) is 0 Å². The predicted molar refractivity (Wildman–Crippen MR) is 127 cm³/mol. The Bertz CT molecular complexity index is 1150. The van der Waals surface area contributed by atoms with Gasteiger partial charge in [0.25, 0.3) is 0 Å². The summed E-state index contributed by atoms with van der Waals surface area (Å²) < 4.78 is 0. The fraction of sp³-hybridized carbons (Fsp3) is 0.556. The topological polar surface area (TPSA) is 66.2 Å². The Morgan fingerprint density at radius 1 is 1.03 bits per heavy atom. The van der Waals surface area contributed by atoms with E-state index in [1.165, 1.54) is 16.7 Å². The van der Waals surface area contributed by atoms with Crippen molar-refractivity contribution in [2.24, 2.45) is 17.3 Å². The molecular weight excluding hydrogens is 420 g/mol. The van der Waals surface area contributed by atoms with Crippen LogP contribution in [0.25, 0.3) is 16.3 Å². The smallest absolute Gasteiger partial charge is 0.0918 e. The summed E-state index contributed by atoms with van der Waals surface area (Å²) in [6, 6.07) is 6.51. The van der Waals surface area contributed by atoms with Gasteiger partial charge in [-0.1, -0.05) is 36.8 Å². The second-order valence-corrected chi connectivity index (χ2v) is 11.5. The maximum atomic E-state index is 12.3. The Kier molecular flexibility index (Phi) is 4.64. The summed E-state index contributed by atoms with van der Waals surface area (Å²) in [4.78, 5) is -0.749. The molecule has 1 heterocycles. The van der Waals surface area contributed by atoms with Crippen LogP contribution in [0.5, 0.6) is 0 Å². The Morgan fingerprint density at radius 3 is 2.69 bits per heavy atom. The highest BCUT2D eigenvalue weighted by Gasteiger charge is 2.64. The summed E-state index contributed by atoms with van der Waals surface area (Å²) in [6.07, 6.45) is 14.7. The number of aliphatic hydroxyl groups excluding tert-OH is 1. The molecule has 4 aliphatic carbocycles. The molecule has 2 aromatic rings. The lowest BCUT2D eigenvalue weighted by Gasteiger charge is -2.56. The summed E-state index contributed by atoms with van der Waals surface area (Å²) in [6.45, 7) is 2.33. The van der Waals surface area contributed by atoms with E-state index in [9.17, 15) is 10.2 Å². The van der Waals surface area contributed by atoms with Crippen LogP contribution in [0.4, 0.5) is 0 Å². The Hall–Kier alpha value is -1.75. The van der Waals surface area contributed by atoms with Gasteiger partial charge in [-0.2, -0.15) is 10.2 Å². The van der Waals surface area contributed by atoms with Crippen LogP contribution in [0.1, 0.15) is 63.9 Å². The first-order valence-electron chi connectivity index (χ1n) is 12.0. The molecule has 6 atom stereocenters. The fourth-order valence-corrected chi connectivity index (χ4v) is 7.86. The molecule has 168 valence electrons. The van der Waals surface area contributed by atoms with Gasteiger partial charge >= 0.3 is 0 Å². The number of aliphatic hydroxyl groups is 2. The molecule has 0 bridgehead atoms. The molecule has 0 radical (unpaired) electrons. The first-order chi connectivity index (χ1) is 15.3. The summed E-state index contributed by atoms with van der Waals surface area (Å²) in [7, 11) is 0. The molecule has 5 unspecified atom stereocenters. The lowest BCUT2D eigenvalue weighted by molar-refractivity contribution is -0.106. The summed E-state index contributed by atoms with van der Waals surface area (Å²) in [5.41, 5.74) is 2.76. The first kappa shape index (κ1) is 20.8. The van der Waals surface area contributed by atoms with E-state index in [0.717, 1.165) is 55.7 Å². The van der Waals surface area contributed by atoms with Gasteiger partial charge in [-0.25, -0.2) is 0 Å². The zero-order chi connectivity index (χ0) is 22.1. The SMILES string of the molecule is CC12CCC3(Cl)C=C4CC(O)CCC4CC[C@]3(O)C1CC=C2c1ccc2cnncc2c1. The van der Waals surface area contributed by atoms with Crippen LogP contribution in [0, 0.1) is 17.3 Å². The highest BCUT2D eigenvalue weighted by Crippen LogP contribution is 2.65. The van der Waals surface area contributed by atoms with Crippen molar-refractivity contribution < 1.29 is 10.2 Å². The van der Waals surface area contributed by atoms with E-state index < -0.39 is 10.5 Å². The van der Waals surface area contributed by atoms with Crippen LogP contribution in [-0.2, 0) is 0 Å². The third-order valence-electron chi connectivity index (χ3n) is 9.24. The van der Waals surface area contributed by atoms with Crippen LogP contribution in [0.3, 0.4) is 0 Å². The van der Waals surface area contributed by atoms with E-state index in [4.69, 9.17) is 11.6 Å². The molecule has 1 aromatic carbocycles. The Balaban J connectivity index is 1.38. The van der Waals surface area contributed by atoms with Gasteiger partial charge in [0.05, 0.1) is 29.0 Å². The van der Waals surface area contributed by atoms with E-state index in [0.29, 0.717) is 12.3 Å². The number of fused-ring (bicyclic) bond motifs is 5. The number of allylic oxidation sites excluding steroid dienone is 2. The lowest BCUT2D eigenvalue weighted by Crippen LogP contribution is -2.61. The van der Waals surface area contributed by atoms with Crippen molar-refractivity contribution in [3.8, 4) is 0 Å². The second-order valence-electron chi connectivity index (χ2n) is 10.8. The number of aromatic nitrogens is 2. The highest BCUT2D eigenvalue weighted by atomic mass is 35.5.